The van der Waals surface area contributed by atoms with E-state index >= 15 is 0 Å². The van der Waals surface area contributed by atoms with Gasteiger partial charge in [0.05, 0.1) is 16.5 Å². The van der Waals surface area contributed by atoms with Crippen molar-refractivity contribution in [1.82, 2.24) is 14.2 Å². The highest BCUT2D eigenvalue weighted by atomic mass is 32.2. The van der Waals surface area contributed by atoms with Crippen molar-refractivity contribution >= 4 is 15.9 Å². The van der Waals surface area contributed by atoms with E-state index in [9.17, 15) is 26.4 Å². The third-order valence-electron chi connectivity index (χ3n) is 6.74. The van der Waals surface area contributed by atoms with Crippen LogP contribution in [0.5, 0.6) is 0 Å². The molecular formula is C24H28F3N3O3S. The number of likely N-dealkylation sites (tertiary alicyclic amines) is 1. The predicted molar refractivity (Wildman–Crippen MR) is 120 cm³/mol. The monoisotopic (exact) mass is 495 g/mol. The predicted octanol–water partition coefficient (Wildman–Crippen LogP) is 4.65. The van der Waals surface area contributed by atoms with Crippen molar-refractivity contribution < 1.29 is 26.4 Å². The van der Waals surface area contributed by atoms with Gasteiger partial charge in [-0.15, -0.1) is 0 Å². The molecule has 6 nitrogen and oxygen atoms in total. The first-order valence-electron chi connectivity index (χ1n) is 11.6. The van der Waals surface area contributed by atoms with Gasteiger partial charge in [-0.05, 0) is 55.5 Å². The summed E-state index contributed by atoms with van der Waals surface area (Å²) in [5.41, 5.74) is -0.132. The molecule has 1 atom stereocenters. The number of sulfonamides is 1. The average Bonchev–Trinajstić information content (AvgIpc) is 3.10. The molecule has 1 aromatic carbocycles. The lowest BCUT2D eigenvalue weighted by molar-refractivity contribution is -0.140. The van der Waals surface area contributed by atoms with Gasteiger partial charge in [-0.1, -0.05) is 25.0 Å². The molecule has 1 unspecified atom stereocenters. The van der Waals surface area contributed by atoms with Gasteiger partial charge in [0.2, 0.25) is 15.9 Å². The number of pyridine rings is 1. The molecule has 3 heterocycles. The Kier molecular flexibility index (Phi) is 7.28. The summed E-state index contributed by atoms with van der Waals surface area (Å²) >= 11 is 0. The molecule has 0 radical (unpaired) electrons. The van der Waals surface area contributed by atoms with Crippen molar-refractivity contribution in [1.29, 1.82) is 0 Å². The van der Waals surface area contributed by atoms with Crippen LogP contribution in [0, 0.1) is 5.92 Å². The maximum atomic E-state index is 13.5. The van der Waals surface area contributed by atoms with E-state index in [1.165, 1.54) is 12.1 Å². The average molecular weight is 496 g/mol. The summed E-state index contributed by atoms with van der Waals surface area (Å²) in [5.74, 6) is -0.358. The van der Waals surface area contributed by atoms with Gasteiger partial charge in [-0.25, -0.2) is 8.42 Å². The first-order chi connectivity index (χ1) is 16.2. The normalized spacial score (nSPS) is 21.3. The zero-order valence-corrected chi connectivity index (χ0v) is 19.6. The minimum absolute atomic E-state index is 0.00329. The summed E-state index contributed by atoms with van der Waals surface area (Å²) in [4.78, 5) is 18.7. The fraction of sp³-hybridized carbons (Fsp3) is 0.500. The first kappa shape index (κ1) is 24.7. The Balaban J connectivity index is 1.49. The zero-order valence-electron chi connectivity index (χ0n) is 18.7. The highest BCUT2D eigenvalue weighted by molar-refractivity contribution is 7.89. The van der Waals surface area contributed by atoms with Crippen LogP contribution >= 0.6 is 0 Å². The maximum absolute atomic E-state index is 13.5. The highest BCUT2D eigenvalue weighted by Gasteiger charge is 2.41. The molecule has 10 heteroatoms. The SMILES string of the molecule is O=C(C1CCN(S(=O)(=O)c2ccccc2C(F)(F)F)CC1)N1CCCCCC1c1ccncc1. The van der Waals surface area contributed by atoms with E-state index in [4.69, 9.17) is 0 Å². The van der Waals surface area contributed by atoms with E-state index in [1.54, 1.807) is 12.4 Å². The minimum atomic E-state index is -4.77. The molecule has 184 valence electrons. The van der Waals surface area contributed by atoms with Crippen LogP contribution in [-0.2, 0) is 21.0 Å². The Morgan fingerprint density at radius 1 is 0.912 bits per heavy atom. The fourth-order valence-corrected chi connectivity index (χ4v) is 6.63. The molecule has 34 heavy (non-hydrogen) atoms. The second kappa shape index (κ2) is 10.0. The van der Waals surface area contributed by atoms with Gasteiger partial charge in [-0.2, -0.15) is 17.5 Å². The second-order valence-corrected chi connectivity index (χ2v) is 10.8. The van der Waals surface area contributed by atoms with Crippen molar-refractivity contribution in [3.05, 3.63) is 59.9 Å². The summed E-state index contributed by atoms with van der Waals surface area (Å²) < 4.78 is 67.3. The molecule has 0 aliphatic carbocycles. The molecule has 2 aliphatic heterocycles. The molecule has 0 N–H and O–H groups in total. The van der Waals surface area contributed by atoms with E-state index < -0.39 is 26.7 Å². The summed E-state index contributed by atoms with van der Waals surface area (Å²) in [6, 6.07) is 8.03. The van der Waals surface area contributed by atoms with E-state index in [0.717, 1.165) is 47.7 Å². The Morgan fingerprint density at radius 3 is 2.26 bits per heavy atom. The van der Waals surface area contributed by atoms with Crippen LogP contribution in [0.2, 0.25) is 0 Å². The summed E-state index contributed by atoms with van der Waals surface area (Å²) in [6.07, 6.45) is 3.05. The number of nitrogens with zero attached hydrogens (tertiary/aromatic N) is 3. The van der Waals surface area contributed by atoms with Crippen molar-refractivity contribution in [2.45, 2.75) is 55.6 Å². The second-order valence-electron chi connectivity index (χ2n) is 8.85. The quantitative estimate of drug-likeness (QED) is 0.620. The molecule has 2 aliphatic rings. The molecule has 0 bridgehead atoms. The van der Waals surface area contributed by atoms with Gasteiger partial charge < -0.3 is 4.90 Å². The van der Waals surface area contributed by atoms with Gasteiger partial charge in [0.1, 0.15) is 0 Å². The minimum Gasteiger partial charge on any atom is -0.335 e. The zero-order chi connectivity index (χ0) is 24.3. The van der Waals surface area contributed by atoms with Gasteiger partial charge in [-0.3, -0.25) is 9.78 Å². The van der Waals surface area contributed by atoms with Crippen LogP contribution in [0.1, 0.15) is 55.7 Å². The Hall–Kier alpha value is -2.46. The topological polar surface area (TPSA) is 70.6 Å². The Labute approximate surface area is 197 Å². The van der Waals surface area contributed by atoms with Crippen LogP contribution in [0.25, 0.3) is 0 Å². The smallest absolute Gasteiger partial charge is 0.335 e. The third-order valence-corrected chi connectivity index (χ3v) is 8.70. The summed E-state index contributed by atoms with van der Waals surface area (Å²) in [7, 11) is -4.33. The lowest BCUT2D eigenvalue weighted by Gasteiger charge is -2.37. The van der Waals surface area contributed by atoms with Crippen molar-refractivity contribution in [3.8, 4) is 0 Å². The molecule has 2 aromatic rings. The number of hydrogen-bond donors (Lipinski definition) is 0. The van der Waals surface area contributed by atoms with E-state index in [-0.39, 0.29) is 43.8 Å². The number of alkyl halides is 3. The number of hydrogen-bond acceptors (Lipinski definition) is 4. The molecule has 1 aromatic heterocycles. The lowest BCUT2D eigenvalue weighted by atomic mass is 9.94. The summed E-state index contributed by atoms with van der Waals surface area (Å²) in [5, 5.41) is 0. The Morgan fingerprint density at radius 2 is 1.59 bits per heavy atom. The van der Waals surface area contributed by atoms with Crippen LogP contribution in [-0.4, -0.2) is 48.1 Å². The number of amides is 1. The standard InChI is InChI=1S/C24H28F3N3O3S/c25-24(26,27)20-6-3-4-8-22(20)34(32,33)29-16-11-19(12-17-29)23(31)30-15-5-1-2-7-21(30)18-9-13-28-14-10-18/h3-4,6,8-10,13-14,19,21H,1-2,5,7,11-12,15-17H2. The molecule has 0 spiro atoms. The Bertz CT molecular complexity index is 1100. The maximum Gasteiger partial charge on any atom is 0.417 e. The number of benzene rings is 1. The van der Waals surface area contributed by atoms with Gasteiger partial charge in [0.15, 0.2) is 0 Å². The van der Waals surface area contributed by atoms with E-state index in [2.05, 4.69) is 4.98 Å². The van der Waals surface area contributed by atoms with Gasteiger partial charge >= 0.3 is 6.18 Å². The number of halogens is 3. The number of piperidine rings is 1. The van der Waals surface area contributed by atoms with Crippen molar-refractivity contribution in [2.24, 2.45) is 5.92 Å². The van der Waals surface area contributed by atoms with Crippen LogP contribution < -0.4 is 0 Å². The molecule has 4 rings (SSSR count). The van der Waals surface area contributed by atoms with Crippen LogP contribution in [0.4, 0.5) is 13.2 Å². The fourth-order valence-electron chi connectivity index (χ4n) is 4.95. The first-order valence-corrected chi connectivity index (χ1v) is 13.0. The highest BCUT2D eigenvalue weighted by Crippen LogP contribution is 2.37. The number of carbonyl (C=O) groups is 1. The third kappa shape index (κ3) is 5.12. The van der Waals surface area contributed by atoms with Gasteiger partial charge in [0, 0.05) is 37.9 Å². The molecule has 2 fully saturated rings. The lowest BCUT2D eigenvalue weighted by Crippen LogP contribution is -2.45. The van der Waals surface area contributed by atoms with E-state index in [0.29, 0.717) is 6.54 Å². The largest absolute Gasteiger partial charge is 0.417 e. The molecule has 2 saturated heterocycles. The number of carbonyl (C=O) groups excluding carboxylic acids is 1. The molecule has 0 saturated carbocycles. The molecular weight excluding hydrogens is 467 g/mol. The van der Waals surface area contributed by atoms with Crippen molar-refractivity contribution in [2.75, 3.05) is 19.6 Å². The van der Waals surface area contributed by atoms with Crippen molar-refractivity contribution in [3.63, 3.8) is 0 Å². The van der Waals surface area contributed by atoms with E-state index in [1.807, 2.05) is 17.0 Å². The van der Waals surface area contributed by atoms with Gasteiger partial charge in [0.25, 0.3) is 0 Å². The number of rotatable bonds is 4. The van der Waals surface area contributed by atoms with Crippen LogP contribution in [0.15, 0.2) is 53.7 Å². The number of aromatic nitrogens is 1. The summed E-state index contributed by atoms with van der Waals surface area (Å²) in [6.45, 7) is 0.667. The van der Waals surface area contributed by atoms with Crippen LogP contribution in [0.3, 0.4) is 0 Å². The molecule has 1 amide bonds.